The van der Waals surface area contributed by atoms with E-state index in [0.29, 0.717) is 5.39 Å². The van der Waals surface area contributed by atoms with Crippen molar-refractivity contribution in [3.05, 3.63) is 43.1 Å². The van der Waals surface area contributed by atoms with Crippen LogP contribution in [0.2, 0.25) is 0 Å². The van der Waals surface area contributed by atoms with Crippen LogP contribution < -0.4 is 5.43 Å². The second-order valence-electron chi connectivity index (χ2n) is 5.08. The molecular weight excluding hydrogens is 346 g/mol. The fourth-order valence-corrected chi connectivity index (χ4v) is 2.65. The Balaban J connectivity index is 2.92. The molecule has 0 saturated carbocycles. The number of aromatic amines is 1. The zero-order valence-electron chi connectivity index (χ0n) is 9.90. The van der Waals surface area contributed by atoms with E-state index in [1.54, 1.807) is 6.07 Å². The first-order valence-corrected chi connectivity index (χ1v) is 6.91. The molecule has 0 aliphatic heterocycles. The van der Waals surface area contributed by atoms with E-state index in [0.717, 1.165) is 20.2 Å². The predicted molar refractivity (Wildman–Crippen MR) is 78.7 cm³/mol. The van der Waals surface area contributed by atoms with Crippen LogP contribution in [-0.4, -0.2) is 4.98 Å². The van der Waals surface area contributed by atoms with E-state index >= 15 is 0 Å². The summed E-state index contributed by atoms with van der Waals surface area (Å²) in [6.07, 6.45) is 0. The number of H-pyrrole nitrogens is 1. The van der Waals surface area contributed by atoms with Crippen molar-refractivity contribution < 1.29 is 0 Å². The Morgan fingerprint density at radius 3 is 2.29 bits per heavy atom. The van der Waals surface area contributed by atoms with Crippen molar-refractivity contribution in [3.8, 4) is 0 Å². The lowest BCUT2D eigenvalue weighted by atomic mass is 9.91. The molecule has 0 atom stereocenters. The number of rotatable bonds is 0. The van der Waals surface area contributed by atoms with E-state index in [1.807, 2.05) is 12.1 Å². The highest BCUT2D eigenvalue weighted by Crippen LogP contribution is 2.29. The molecule has 1 N–H and O–H groups in total. The van der Waals surface area contributed by atoms with Gasteiger partial charge in [0.05, 0.1) is 10.9 Å². The van der Waals surface area contributed by atoms with Gasteiger partial charge in [-0.3, -0.25) is 4.79 Å². The molecule has 0 radical (unpaired) electrons. The first kappa shape index (κ1) is 12.8. The SMILES string of the molecule is CC(C)(C)c1cc(=O)c2c(Br)ccc(Br)c2[nH]1. The van der Waals surface area contributed by atoms with Gasteiger partial charge in [-0.2, -0.15) is 0 Å². The smallest absolute Gasteiger partial charge is 0.190 e. The Kier molecular flexibility index (Phi) is 3.21. The third-order valence-electron chi connectivity index (χ3n) is 2.69. The minimum absolute atomic E-state index is 0.0388. The summed E-state index contributed by atoms with van der Waals surface area (Å²) in [5, 5.41) is 0.687. The van der Waals surface area contributed by atoms with Crippen LogP contribution in [0, 0.1) is 0 Å². The fraction of sp³-hybridized carbons (Fsp3) is 0.308. The molecule has 0 bridgehead atoms. The van der Waals surface area contributed by atoms with Crippen LogP contribution in [0.25, 0.3) is 10.9 Å². The Morgan fingerprint density at radius 2 is 1.71 bits per heavy atom. The van der Waals surface area contributed by atoms with E-state index in [1.165, 1.54) is 0 Å². The van der Waals surface area contributed by atoms with Gasteiger partial charge in [0.1, 0.15) is 0 Å². The second-order valence-corrected chi connectivity index (χ2v) is 6.79. The highest BCUT2D eigenvalue weighted by Gasteiger charge is 2.17. The van der Waals surface area contributed by atoms with E-state index < -0.39 is 0 Å². The zero-order valence-corrected chi connectivity index (χ0v) is 13.1. The lowest BCUT2D eigenvalue weighted by molar-refractivity contribution is 0.571. The van der Waals surface area contributed by atoms with E-state index in [4.69, 9.17) is 0 Å². The zero-order chi connectivity index (χ0) is 12.8. The van der Waals surface area contributed by atoms with E-state index in [-0.39, 0.29) is 10.8 Å². The van der Waals surface area contributed by atoms with Gasteiger partial charge >= 0.3 is 0 Å². The quantitative estimate of drug-likeness (QED) is 0.746. The summed E-state index contributed by atoms with van der Waals surface area (Å²) in [5.41, 5.74) is 1.75. The van der Waals surface area contributed by atoms with Crippen molar-refractivity contribution in [2.45, 2.75) is 26.2 Å². The van der Waals surface area contributed by atoms with E-state index in [9.17, 15) is 4.79 Å². The van der Waals surface area contributed by atoms with Crippen LogP contribution in [0.4, 0.5) is 0 Å². The Bertz CT molecular complexity index is 638. The summed E-state index contributed by atoms with van der Waals surface area (Å²) in [5.74, 6) is 0. The van der Waals surface area contributed by atoms with Crippen LogP contribution in [-0.2, 0) is 5.41 Å². The van der Waals surface area contributed by atoms with Crippen molar-refractivity contribution in [2.24, 2.45) is 0 Å². The van der Waals surface area contributed by atoms with Gasteiger partial charge < -0.3 is 4.98 Å². The Hall–Kier alpha value is -0.610. The topological polar surface area (TPSA) is 32.9 Å². The minimum atomic E-state index is -0.0743. The number of pyridine rings is 1. The maximum Gasteiger partial charge on any atom is 0.190 e. The highest BCUT2D eigenvalue weighted by atomic mass is 79.9. The van der Waals surface area contributed by atoms with Crippen molar-refractivity contribution in [1.29, 1.82) is 0 Å². The standard InChI is InChI=1S/C13H13Br2NO/c1-13(2,3)10-6-9(17)11-7(14)4-5-8(15)12(11)16-10/h4-6H,1-3H3,(H,16,17). The molecule has 1 aromatic carbocycles. The van der Waals surface area contributed by atoms with Crippen LogP contribution in [0.15, 0.2) is 31.9 Å². The number of nitrogens with one attached hydrogen (secondary N) is 1. The third-order valence-corrected chi connectivity index (χ3v) is 4.01. The molecular formula is C13H13Br2NO. The largest absolute Gasteiger partial charge is 0.357 e. The molecule has 2 rings (SSSR count). The molecule has 1 heterocycles. The number of fused-ring (bicyclic) bond motifs is 1. The molecule has 0 saturated heterocycles. The lowest BCUT2D eigenvalue weighted by Gasteiger charge is -2.19. The number of hydrogen-bond acceptors (Lipinski definition) is 1. The molecule has 17 heavy (non-hydrogen) atoms. The molecule has 0 amide bonds. The summed E-state index contributed by atoms with van der Waals surface area (Å²) in [6, 6.07) is 5.48. The van der Waals surface area contributed by atoms with Gasteiger partial charge in [-0.05, 0) is 44.0 Å². The summed E-state index contributed by atoms with van der Waals surface area (Å²) < 4.78 is 1.72. The van der Waals surface area contributed by atoms with Gasteiger partial charge in [0.25, 0.3) is 0 Å². The van der Waals surface area contributed by atoms with Gasteiger partial charge in [0.2, 0.25) is 0 Å². The molecule has 0 aliphatic carbocycles. The van der Waals surface area contributed by atoms with Crippen LogP contribution in [0.1, 0.15) is 26.5 Å². The Labute approximate surface area is 117 Å². The fourth-order valence-electron chi connectivity index (χ4n) is 1.69. The summed E-state index contributed by atoms with van der Waals surface area (Å²) in [4.78, 5) is 15.5. The number of benzene rings is 1. The Morgan fingerprint density at radius 1 is 1.12 bits per heavy atom. The maximum absolute atomic E-state index is 12.1. The molecule has 0 fully saturated rings. The lowest BCUT2D eigenvalue weighted by Crippen LogP contribution is -2.17. The number of aromatic nitrogens is 1. The summed E-state index contributed by atoms with van der Waals surface area (Å²) in [7, 11) is 0. The van der Waals surface area contributed by atoms with Crippen LogP contribution >= 0.6 is 31.9 Å². The molecule has 2 aromatic rings. The van der Waals surface area contributed by atoms with Gasteiger partial charge in [0.15, 0.2) is 5.43 Å². The average molecular weight is 359 g/mol. The summed E-state index contributed by atoms with van der Waals surface area (Å²) in [6.45, 7) is 6.24. The van der Waals surface area contributed by atoms with Crippen molar-refractivity contribution in [2.75, 3.05) is 0 Å². The van der Waals surface area contributed by atoms with Gasteiger partial charge in [-0.1, -0.05) is 20.8 Å². The van der Waals surface area contributed by atoms with E-state index in [2.05, 4.69) is 57.6 Å². The average Bonchev–Trinajstić information content (AvgIpc) is 2.21. The highest BCUT2D eigenvalue weighted by molar-refractivity contribution is 9.11. The molecule has 1 aromatic heterocycles. The number of halogens is 2. The van der Waals surface area contributed by atoms with Gasteiger partial charge in [-0.25, -0.2) is 0 Å². The minimum Gasteiger partial charge on any atom is -0.357 e. The first-order chi connectivity index (χ1) is 7.80. The first-order valence-electron chi connectivity index (χ1n) is 5.32. The maximum atomic E-state index is 12.1. The molecule has 4 heteroatoms. The van der Waals surface area contributed by atoms with Gasteiger partial charge in [0, 0.05) is 26.1 Å². The second kappa shape index (κ2) is 4.25. The molecule has 0 unspecified atom stereocenters. The van der Waals surface area contributed by atoms with Crippen LogP contribution in [0.5, 0.6) is 0 Å². The molecule has 0 spiro atoms. The third kappa shape index (κ3) is 2.33. The predicted octanol–water partition coefficient (Wildman–Crippen LogP) is 4.35. The number of hydrogen-bond donors (Lipinski definition) is 1. The van der Waals surface area contributed by atoms with Crippen molar-refractivity contribution in [1.82, 2.24) is 4.98 Å². The summed E-state index contributed by atoms with van der Waals surface area (Å²) >= 11 is 6.89. The molecule has 2 nitrogen and oxygen atoms in total. The van der Waals surface area contributed by atoms with Crippen molar-refractivity contribution in [3.63, 3.8) is 0 Å². The monoisotopic (exact) mass is 357 g/mol. The van der Waals surface area contributed by atoms with Crippen LogP contribution in [0.3, 0.4) is 0 Å². The van der Waals surface area contributed by atoms with Crippen molar-refractivity contribution >= 4 is 42.8 Å². The normalized spacial score (nSPS) is 12.1. The molecule has 0 aliphatic rings. The van der Waals surface area contributed by atoms with Gasteiger partial charge in [-0.15, -0.1) is 0 Å². The molecule has 90 valence electrons.